The van der Waals surface area contributed by atoms with Crippen LogP contribution in [-0.2, 0) is 17.5 Å². The second-order valence-electron chi connectivity index (χ2n) is 8.69. The van der Waals surface area contributed by atoms with Crippen LogP contribution in [0.3, 0.4) is 0 Å². The van der Waals surface area contributed by atoms with Crippen molar-refractivity contribution in [3.63, 3.8) is 0 Å². The van der Waals surface area contributed by atoms with Crippen LogP contribution >= 0.6 is 0 Å². The van der Waals surface area contributed by atoms with Crippen LogP contribution in [0.2, 0.25) is 0 Å². The summed E-state index contributed by atoms with van der Waals surface area (Å²) in [7, 11) is 0. The van der Waals surface area contributed by atoms with Crippen LogP contribution in [0.15, 0.2) is 61.2 Å². The minimum absolute atomic E-state index is 0.0585. The summed E-state index contributed by atoms with van der Waals surface area (Å²) in [6.07, 6.45) is -14.3. The normalized spacial score (nSPS) is 12.7. The Kier molecular flexibility index (Phi) is 9.24. The van der Waals surface area contributed by atoms with E-state index in [1.54, 1.807) is 0 Å². The van der Waals surface area contributed by atoms with Gasteiger partial charge in [0.05, 0.1) is 11.6 Å². The molecular weight excluding hydrogens is 574 g/mol. The third kappa shape index (κ3) is 7.92. The lowest BCUT2D eigenvalue weighted by Gasteiger charge is -2.25. The van der Waals surface area contributed by atoms with Crippen LogP contribution in [0.5, 0.6) is 5.75 Å². The Morgan fingerprint density at radius 2 is 1.56 bits per heavy atom. The summed E-state index contributed by atoms with van der Waals surface area (Å²) in [6.45, 7) is 4.47. The van der Waals surface area contributed by atoms with Gasteiger partial charge >= 0.3 is 18.7 Å². The molecule has 4 nitrogen and oxygen atoms in total. The van der Waals surface area contributed by atoms with E-state index in [1.165, 1.54) is 6.07 Å². The van der Waals surface area contributed by atoms with Gasteiger partial charge in [0.2, 0.25) is 5.91 Å². The van der Waals surface area contributed by atoms with Crippen molar-refractivity contribution in [1.82, 2.24) is 10.6 Å². The number of ether oxygens (including phenoxy) is 1. The predicted octanol–water partition coefficient (Wildman–Crippen LogP) is 7.35. The third-order valence-electron chi connectivity index (χ3n) is 5.60. The summed E-state index contributed by atoms with van der Waals surface area (Å²) in [4.78, 5) is 11.3. The Morgan fingerprint density at radius 3 is 2.17 bits per heavy atom. The van der Waals surface area contributed by atoms with Gasteiger partial charge in [0.1, 0.15) is 23.2 Å². The molecule has 3 aromatic rings. The molecule has 0 aromatic heterocycles. The fourth-order valence-corrected chi connectivity index (χ4v) is 3.69. The van der Waals surface area contributed by atoms with Gasteiger partial charge in [0.25, 0.3) is 0 Å². The summed E-state index contributed by atoms with van der Waals surface area (Å²) in [5.74, 6) is -5.11. The van der Waals surface area contributed by atoms with Crippen molar-refractivity contribution < 1.29 is 53.4 Å². The van der Waals surface area contributed by atoms with Crippen LogP contribution in [0.4, 0.5) is 43.9 Å². The van der Waals surface area contributed by atoms with E-state index < -0.39 is 59.4 Å². The van der Waals surface area contributed by atoms with Crippen LogP contribution in [0.25, 0.3) is 5.70 Å². The molecule has 0 saturated carbocycles. The zero-order chi connectivity index (χ0) is 30.7. The molecule has 0 bridgehead atoms. The highest BCUT2D eigenvalue weighted by molar-refractivity contribution is 5.72. The number of halogens is 10. The van der Waals surface area contributed by atoms with Crippen molar-refractivity contribution in [1.29, 1.82) is 0 Å². The van der Waals surface area contributed by atoms with Crippen molar-refractivity contribution >= 4 is 11.6 Å². The molecule has 2 N–H and O–H groups in total. The lowest BCUT2D eigenvalue weighted by Crippen LogP contribution is -2.33. The Morgan fingerprint density at radius 1 is 0.902 bits per heavy atom. The van der Waals surface area contributed by atoms with Crippen molar-refractivity contribution in [2.45, 2.75) is 38.2 Å². The predicted molar refractivity (Wildman–Crippen MR) is 127 cm³/mol. The monoisotopic (exact) mass is 594 g/mol. The first-order valence-electron chi connectivity index (χ1n) is 11.5. The smallest absolute Gasteiger partial charge is 0.428 e. The number of nitrogens with one attached hydrogen (secondary N) is 2. The minimum Gasteiger partial charge on any atom is -0.428 e. The fourth-order valence-electron chi connectivity index (χ4n) is 3.69. The van der Waals surface area contributed by atoms with E-state index in [9.17, 15) is 48.7 Å². The van der Waals surface area contributed by atoms with E-state index in [1.807, 2.05) is 0 Å². The van der Waals surface area contributed by atoms with Crippen molar-refractivity contribution in [3.8, 4) is 5.75 Å². The molecule has 220 valence electrons. The molecule has 3 aromatic carbocycles. The maximum Gasteiger partial charge on any atom is 0.461 e. The molecule has 14 heteroatoms. The number of carbonyl (C=O) groups is 1. The number of alkyl halides is 7. The van der Waals surface area contributed by atoms with Crippen molar-refractivity contribution in [2.75, 3.05) is 0 Å². The zero-order valence-corrected chi connectivity index (χ0v) is 20.9. The molecule has 0 heterocycles. The Labute approximate surface area is 226 Å². The van der Waals surface area contributed by atoms with Gasteiger partial charge in [-0.2, -0.15) is 30.7 Å². The largest absolute Gasteiger partial charge is 0.461 e. The van der Waals surface area contributed by atoms with Crippen LogP contribution in [0.1, 0.15) is 40.8 Å². The van der Waals surface area contributed by atoms with Crippen LogP contribution in [0, 0.1) is 17.5 Å². The molecule has 41 heavy (non-hydrogen) atoms. The van der Waals surface area contributed by atoms with Gasteiger partial charge in [-0.3, -0.25) is 4.79 Å². The number of amides is 1. The number of benzene rings is 3. The lowest BCUT2D eigenvalue weighted by molar-refractivity contribution is -0.253. The van der Waals surface area contributed by atoms with Crippen LogP contribution < -0.4 is 15.4 Å². The first-order chi connectivity index (χ1) is 19.0. The van der Waals surface area contributed by atoms with E-state index in [0.29, 0.717) is 18.2 Å². The van der Waals surface area contributed by atoms with E-state index in [0.717, 1.165) is 37.3 Å². The molecule has 1 unspecified atom stereocenters. The Hall–Kier alpha value is -4.23. The van der Waals surface area contributed by atoms with Crippen LogP contribution in [-0.4, -0.2) is 18.4 Å². The average molecular weight is 594 g/mol. The molecule has 0 spiro atoms. The molecule has 0 aliphatic carbocycles. The highest BCUT2D eigenvalue weighted by atomic mass is 19.4. The summed E-state index contributed by atoms with van der Waals surface area (Å²) < 4.78 is 139. The summed E-state index contributed by atoms with van der Waals surface area (Å²) in [5, 5.41) is 5.03. The molecule has 1 amide bonds. The van der Waals surface area contributed by atoms with Gasteiger partial charge in [-0.1, -0.05) is 12.6 Å². The highest BCUT2D eigenvalue weighted by Gasteiger charge is 2.44. The SMILES string of the molecule is C=C(NC(c1cc(F)cc(OC(F)(F)C(F)F)c1)c1ccc(F)c(CNC(C)=O)c1)c1ccc(F)c(C(F)(F)F)c1. The average Bonchev–Trinajstić information content (AvgIpc) is 2.85. The number of hydrogen-bond donors (Lipinski definition) is 2. The lowest BCUT2D eigenvalue weighted by atomic mass is 9.95. The number of rotatable bonds is 10. The van der Waals surface area contributed by atoms with Crippen molar-refractivity contribution in [3.05, 3.63) is 106 Å². The van der Waals surface area contributed by atoms with Gasteiger partial charge in [0, 0.05) is 30.8 Å². The molecule has 0 aliphatic heterocycles. The summed E-state index contributed by atoms with van der Waals surface area (Å²) in [5.41, 5.74) is -2.50. The fraction of sp³-hybridized carbons (Fsp3) is 0.222. The standard InChI is InChI=1S/C27H20F10N2O2/c1-13(15-3-6-23(30)21(10-15)26(33,34)35)39-24(16-4-5-22(29)18(7-16)12-38-14(2)40)17-8-19(28)11-20(9-17)41-27(36,37)25(31)32/h3-11,24-25,39H,1,12H2,2H3,(H,38,40). The van der Waals surface area contributed by atoms with Gasteiger partial charge in [-0.15, -0.1) is 0 Å². The second-order valence-corrected chi connectivity index (χ2v) is 8.69. The number of carbonyl (C=O) groups excluding carboxylic acids is 1. The van der Waals surface area contributed by atoms with E-state index in [-0.39, 0.29) is 34.5 Å². The second kappa shape index (κ2) is 12.1. The third-order valence-corrected chi connectivity index (χ3v) is 5.60. The maximum atomic E-state index is 14.5. The minimum atomic E-state index is -5.07. The molecular formula is C27H20F10N2O2. The highest BCUT2D eigenvalue weighted by Crippen LogP contribution is 2.35. The molecule has 0 aliphatic rings. The quantitative estimate of drug-likeness (QED) is 0.242. The molecule has 0 fully saturated rings. The van der Waals surface area contributed by atoms with E-state index in [4.69, 9.17) is 0 Å². The first kappa shape index (κ1) is 31.3. The number of hydrogen-bond acceptors (Lipinski definition) is 3. The Balaban J connectivity index is 2.12. The van der Waals surface area contributed by atoms with Gasteiger partial charge in [0.15, 0.2) is 0 Å². The molecule has 0 saturated heterocycles. The first-order valence-corrected chi connectivity index (χ1v) is 11.5. The van der Waals surface area contributed by atoms with Gasteiger partial charge < -0.3 is 15.4 Å². The Bertz CT molecular complexity index is 1440. The topological polar surface area (TPSA) is 50.4 Å². The van der Waals surface area contributed by atoms with Gasteiger partial charge in [-0.25, -0.2) is 13.2 Å². The van der Waals surface area contributed by atoms with Crippen molar-refractivity contribution in [2.24, 2.45) is 0 Å². The molecule has 1 atom stereocenters. The van der Waals surface area contributed by atoms with Gasteiger partial charge in [-0.05, 0) is 59.2 Å². The molecule has 0 radical (unpaired) electrons. The summed E-state index contributed by atoms with van der Waals surface area (Å²) >= 11 is 0. The zero-order valence-electron chi connectivity index (χ0n) is 20.9. The maximum absolute atomic E-state index is 14.5. The molecule has 3 rings (SSSR count). The van der Waals surface area contributed by atoms with E-state index in [2.05, 4.69) is 21.9 Å². The van der Waals surface area contributed by atoms with E-state index >= 15 is 0 Å². The summed E-state index contributed by atoms with van der Waals surface area (Å²) in [6, 6.07) is 5.75.